The van der Waals surface area contributed by atoms with Crippen LogP contribution in [0.3, 0.4) is 0 Å². The van der Waals surface area contributed by atoms with Gasteiger partial charge in [-0.1, -0.05) is 0 Å². The number of hydrogen-bond donors (Lipinski definition) is 2. The van der Waals surface area contributed by atoms with E-state index in [1.54, 1.807) is 7.05 Å². The number of likely N-dealkylation sites (tertiary alicyclic amines) is 1. The highest BCUT2D eigenvalue weighted by molar-refractivity contribution is 7.98. The summed E-state index contributed by atoms with van der Waals surface area (Å²) >= 11 is 1.85. The number of nitrogens with one attached hydrogen (secondary N) is 2. The normalized spacial score (nSPS) is 16.3. The average molecular weight is 314 g/mol. The van der Waals surface area contributed by atoms with Gasteiger partial charge in [0.1, 0.15) is 0 Å². The Labute approximate surface area is 131 Å². The number of rotatable bonds is 8. The van der Waals surface area contributed by atoms with Crippen molar-refractivity contribution in [3.63, 3.8) is 0 Å². The molecule has 6 nitrogen and oxygen atoms in total. The van der Waals surface area contributed by atoms with Gasteiger partial charge in [0.05, 0.1) is 0 Å². The number of piperidine rings is 1. The molecule has 1 aliphatic heterocycles. The van der Waals surface area contributed by atoms with Crippen LogP contribution < -0.4 is 10.6 Å². The largest absolute Gasteiger partial charge is 0.356 e. The maximum absolute atomic E-state index is 11.7. The van der Waals surface area contributed by atoms with Gasteiger partial charge in [0.25, 0.3) is 0 Å². The van der Waals surface area contributed by atoms with E-state index in [0.29, 0.717) is 32.4 Å². The lowest BCUT2D eigenvalue weighted by atomic mass is 10.1. The molecule has 0 aromatic heterocycles. The zero-order chi connectivity index (χ0) is 15.5. The summed E-state index contributed by atoms with van der Waals surface area (Å²) in [7, 11) is 1.72. The van der Waals surface area contributed by atoms with Crippen LogP contribution in [0.15, 0.2) is 4.99 Å². The van der Waals surface area contributed by atoms with Crippen LogP contribution in [-0.2, 0) is 9.59 Å². The highest BCUT2D eigenvalue weighted by atomic mass is 32.2. The number of carbonyl (C=O) groups excluding carboxylic acids is 2. The highest BCUT2D eigenvalue weighted by Gasteiger charge is 2.25. The zero-order valence-corrected chi connectivity index (χ0v) is 13.8. The van der Waals surface area contributed by atoms with Gasteiger partial charge >= 0.3 is 0 Å². The van der Waals surface area contributed by atoms with Gasteiger partial charge in [-0.15, -0.1) is 0 Å². The third kappa shape index (κ3) is 6.84. The summed E-state index contributed by atoms with van der Waals surface area (Å²) in [6, 6.07) is 0. The predicted molar refractivity (Wildman–Crippen MR) is 87.6 cm³/mol. The molecule has 2 amide bonds. The van der Waals surface area contributed by atoms with E-state index in [1.165, 1.54) is 17.1 Å². The number of guanidine groups is 1. The van der Waals surface area contributed by atoms with Gasteiger partial charge in [-0.3, -0.25) is 19.5 Å². The van der Waals surface area contributed by atoms with E-state index in [1.807, 2.05) is 11.8 Å². The maximum Gasteiger partial charge on any atom is 0.229 e. The second-order valence-corrected chi connectivity index (χ2v) is 5.90. The van der Waals surface area contributed by atoms with Crippen molar-refractivity contribution in [2.45, 2.75) is 32.1 Å². The summed E-state index contributed by atoms with van der Waals surface area (Å²) in [4.78, 5) is 28.8. The van der Waals surface area contributed by atoms with Gasteiger partial charge in [0, 0.05) is 39.5 Å². The molecule has 0 aliphatic carbocycles. The van der Waals surface area contributed by atoms with Crippen LogP contribution in [0.1, 0.15) is 32.1 Å². The van der Waals surface area contributed by atoms with E-state index < -0.39 is 0 Å². The lowest BCUT2D eigenvalue weighted by Gasteiger charge is -2.25. The molecule has 1 fully saturated rings. The monoisotopic (exact) mass is 314 g/mol. The second kappa shape index (κ2) is 10.5. The van der Waals surface area contributed by atoms with Gasteiger partial charge < -0.3 is 10.6 Å². The van der Waals surface area contributed by atoms with Crippen molar-refractivity contribution < 1.29 is 9.59 Å². The molecule has 0 aromatic carbocycles. The lowest BCUT2D eigenvalue weighted by molar-refractivity contribution is -0.147. The van der Waals surface area contributed by atoms with E-state index in [2.05, 4.69) is 21.9 Å². The molecule has 0 bridgehead atoms. The first-order valence-corrected chi connectivity index (χ1v) is 8.85. The molecule has 120 valence electrons. The van der Waals surface area contributed by atoms with Crippen molar-refractivity contribution in [3.05, 3.63) is 0 Å². The first kappa shape index (κ1) is 17.8. The van der Waals surface area contributed by atoms with E-state index in [4.69, 9.17) is 0 Å². The third-order valence-corrected chi connectivity index (χ3v) is 4.00. The van der Waals surface area contributed by atoms with Crippen molar-refractivity contribution >= 4 is 29.5 Å². The molecule has 0 saturated carbocycles. The van der Waals surface area contributed by atoms with Crippen LogP contribution in [0, 0.1) is 0 Å². The van der Waals surface area contributed by atoms with E-state index in [9.17, 15) is 9.59 Å². The molecular formula is C14H26N4O2S. The smallest absolute Gasteiger partial charge is 0.229 e. The van der Waals surface area contributed by atoms with Crippen LogP contribution in [0.4, 0.5) is 0 Å². The Bertz CT molecular complexity index is 358. The number of amides is 2. The Balaban J connectivity index is 2.19. The minimum Gasteiger partial charge on any atom is -0.356 e. The molecule has 0 aromatic rings. The number of thioether (sulfide) groups is 1. The van der Waals surface area contributed by atoms with Crippen molar-refractivity contribution in [1.29, 1.82) is 0 Å². The van der Waals surface area contributed by atoms with Crippen molar-refractivity contribution in [3.8, 4) is 0 Å². The number of aliphatic imine (C=N–C) groups is 1. The van der Waals surface area contributed by atoms with Crippen LogP contribution >= 0.6 is 11.8 Å². The molecule has 0 radical (unpaired) electrons. The molecule has 0 atom stereocenters. The van der Waals surface area contributed by atoms with Gasteiger partial charge in [-0.2, -0.15) is 11.8 Å². The molecule has 0 unspecified atom stereocenters. The molecule has 21 heavy (non-hydrogen) atoms. The number of imide groups is 1. The van der Waals surface area contributed by atoms with Gasteiger partial charge in [0.15, 0.2) is 5.96 Å². The number of unbranched alkanes of at least 4 members (excludes halogenated alkanes) is 1. The van der Waals surface area contributed by atoms with Crippen molar-refractivity contribution in [2.75, 3.05) is 38.7 Å². The standard InChI is InChI=1S/C14H26N4O2S/c1-15-14(16-8-3-4-11-21-2)17-9-10-18-12(19)6-5-7-13(18)20/h3-11H2,1-2H3,(H2,15,16,17). The molecule has 2 N–H and O–H groups in total. The number of carbonyl (C=O) groups is 2. The highest BCUT2D eigenvalue weighted by Crippen LogP contribution is 2.11. The molecule has 1 saturated heterocycles. The van der Waals surface area contributed by atoms with E-state index >= 15 is 0 Å². The Morgan fingerprint density at radius 1 is 1.19 bits per heavy atom. The molecule has 1 heterocycles. The predicted octanol–water partition coefficient (Wildman–Crippen LogP) is 0.834. The summed E-state index contributed by atoms with van der Waals surface area (Å²) in [6.45, 7) is 1.81. The van der Waals surface area contributed by atoms with Crippen LogP contribution in [0.5, 0.6) is 0 Å². The topological polar surface area (TPSA) is 73.8 Å². The Kier molecular flexibility index (Phi) is 8.89. The fourth-order valence-corrected chi connectivity index (χ4v) is 2.63. The van der Waals surface area contributed by atoms with Gasteiger partial charge in [-0.25, -0.2) is 0 Å². The first-order chi connectivity index (χ1) is 10.2. The fourth-order valence-electron chi connectivity index (χ4n) is 2.13. The van der Waals surface area contributed by atoms with Crippen LogP contribution in [0.2, 0.25) is 0 Å². The average Bonchev–Trinajstić information content (AvgIpc) is 2.48. The minimum absolute atomic E-state index is 0.0620. The summed E-state index contributed by atoms with van der Waals surface area (Å²) in [5, 5.41) is 6.37. The molecular weight excluding hydrogens is 288 g/mol. The van der Waals surface area contributed by atoms with Gasteiger partial charge in [0.2, 0.25) is 11.8 Å². The zero-order valence-electron chi connectivity index (χ0n) is 13.0. The summed E-state index contributed by atoms with van der Waals surface area (Å²) in [6.07, 6.45) is 6.03. The number of hydrogen-bond acceptors (Lipinski definition) is 4. The lowest BCUT2D eigenvalue weighted by Crippen LogP contribution is -2.46. The second-order valence-electron chi connectivity index (χ2n) is 4.92. The van der Waals surface area contributed by atoms with E-state index in [0.717, 1.165) is 18.9 Å². The molecule has 7 heteroatoms. The van der Waals surface area contributed by atoms with Crippen LogP contribution in [-0.4, -0.2) is 61.4 Å². The quantitative estimate of drug-likeness (QED) is 0.300. The summed E-state index contributed by atoms with van der Waals surface area (Å²) in [5.41, 5.74) is 0. The van der Waals surface area contributed by atoms with Gasteiger partial charge in [-0.05, 0) is 31.3 Å². The summed E-state index contributed by atoms with van der Waals surface area (Å²) in [5.74, 6) is 1.77. The Morgan fingerprint density at radius 2 is 1.86 bits per heavy atom. The third-order valence-electron chi connectivity index (χ3n) is 3.30. The van der Waals surface area contributed by atoms with Crippen molar-refractivity contribution in [2.24, 2.45) is 4.99 Å². The van der Waals surface area contributed by atoms with E-state index in [-0.39, 0.29) is 11.8 Å². The minimum atomic E-state index is -0.0620. The fraction of sp³-hybridized carbons (Fsp3) is 0.786. The SMILES string of the molecule is CN=C(NCCCCSC)NCCN1C(=O)CCCC1=O. The Hall–Kier alpha value is -1.24. The molecule has 1 rings (SSSR count). The Morgan fingerprint density at radius 3 is 2.48 bits per heavy atom. The maximum atomic E-state index is 11.7. The molecule has 0 spiro atoms. The van der Waals surface area contributed by atoms with Crippen LogP contribution in [0.25, 0.3) is 0 Å². The summed E-state index contributed by atoms with van der Waals surface area (Å²) < 4.78 is 0. The molecule has 1 aliphatic rings. The first-order valence-electron chi connectivity index (χ1n) is 7.45. The van der Waals surface area contributed by atoms with Crippen molar-refractivity contribution in [1.82, 2.24) is 15.5 Å². The number of nitrogens with zero attached hydrogens (tertiary/aromatic N) is 2.